The third-order valence-electron chi connectivity index (χ3n) is 11.2. The van der Waals surface area contributed by atoms with E-state index >= 15 is 0 Å². The van der Waals surface area contributed by atoms with Crippen molar-refractivity contribution in [3.63, 3.8) is 0 Å². The van der Waals surface area contributed by atoms with Gasteiger partial charge in [0, 0.05) is 51.7 Å². The topological polar surface area (TPSA) is 296 Å². The van der Waals surface area contributed by atoms with Crippen LogP contribution in [-0.2, 0) is 33.1 Å². The van der Waals surface area contributed by atoms with Crippen LogP contribution in [0.1, 0.15) is 87.6 Å². The van der Waals surface area contributed by atoms with E-state index in [1.165, 1.54) is 33.7 Å². The van der Waals surface area contributed by atoms with Crippen molar-refractivity contribution in [3.05, 3.63) is 66.2 Å². The van der Waals surface area contributed by atoms with E-state index in [1.54, 1.807) is 0 Å². The van der Waals surface area contributed by atoms with Crippen LogP contribution in [0.3, 0.4) is 0 Å². The fourth-order valence-corrected chi connectivity index (χ4v) is 6.24. The van der Waals surface area contributed by atoms with Gasteiger partial charge >= 0.3 is 11.4 Å². The van der Waals surface area contributed by atoms with Crippen LogP contribution in [0, 0.1) is 5.92 Å². The number of aliphatic hydroxyl groups excluding tert-OH is 4. The largest absolute Gasteiger partial charge is 0.407 e. The monoisotopic (exact) mass is 942 g/mol. The van der Waals surface area contributed by atoms with Crippen LogP contribution >= 0.6 is 0 Å². The molecule has 0 aromatic carbocycles. The number of aromatic amines is 2. The van der Waals surface area contributed by atoms with Gasteiger partial charge in [-0.05, 0) is 36.0 Å². The highest BCUT2D eigenvalue weighted by Crippen LogP contribution is 2.42. The number of hydrogen-bond donors (Lipinski definition) is 8. The maximum Gasteiger partial charge on any atom is 0.330 e. The molecule has 0 aliphatic carbocycles. The Kier molecular flexibility index (Phi) is 27.1. The summed E-state index contributed by atoms with van der Waals surface area (Å²) in [6.07, 6.45) is -0.568. The molecule has 4 heterocycles. The number of aliphatic hydroxyl groups is 4. The summed E-state index contributed by atoms with van der Waals surface area (Å²) in [5, 5.41) is 50.6. The Morgan fingerprint density at radius 1 is 0.683 bits per heavy atom. The van der Waals surface area contributed by atoms with E-state index in [4.69, 9.17) is 44.1 Å². The summed E-state index contributed by atoms with van der Waals surface area (Å²) in [5.41, 5.74) is -2.16. The summed E-state index contributed by atoms with van der Waals surface area (Å²) in [4.78, 5) is 57.0. The number of hydrogen-bond acceptors (Lipinski definition) is 17. The second-order valence-corrected chi connectivity index (χ2v) is 29.3. The maximum atomic E-state index is 12.3. The molecule has 2 saturated heterocycles. The molecule has 2 aromatic heterocycles. The fraction of sp³-hybridized carbons (Fsp3) is 0.800. The van der Waals surface area contributed by atoms with Gasteiger partial charge in [-0.15, -0.1) is 0 Å². The van der Waals surface area contributed by atoms with Crippen molar-refractivity contribution in [2.24, 2.45) is 5.92 Å². The summed E-state index contributed by atoms with van der Waals surface area (Å²) in [7, 11) is -3.11. The van der Waals surface area contributed by atoms with Crippen molar-refractivity contribution in [2.75, 3.05) is 40.0 Å². The lowest BCUT2D eigenvalue weighted by atomic mass is 10.0. The molecule has 23 heteroatoms. The summed E-state index contributed by atoms with van der Waals surface area (Å²) < 4.78 is 31.5. The lowest BCUT2D eigenvalue weighted by Gasteiger charge is -2.40. The summed E-state index contributed by atoms with van der Waals surface area (Å²) >= 11 is 0. The van der Waals surface area contributed by atoms with Gasteiger partial charge in [-0.3, -0.25) is 28.7 Å². The summed E-state index contributed by atoms with van der Waals surface area (Å²) in [6.45, 7) is 31.1. The van der Waals surface area contributed by atoms with Crippen LogP contribution in [0.5, 0.6) is 0 Å². The molecule has 8 N–H and O–H groups in total. The normalized spacial score (nSPS) is 23.6. The van der Waals surface area contributed by atoms with Gasteiger partial charge in [0.1, 0.15) is 24.4 Å². The first-order chi connectivity index (χ1) is 29.1. The minimum atomic E-state index is -2.25. The van der Waals surface area contributed by atoms with Crippen molar-refractivity contribution >= 4 is 16.4 Å². The van der Waals surface area contributed by atoms with E-state index < -0.39 is 89.3 Å². The Morgan fingerprint density at radius 3 is 1.41 bits per heavy atom. The van der Waals surface area contributed by atoms with Crippen LogP contribution < -0.4 is 22.5 Å². The van der Waals surface area contributed by atoms with Crippen LogP contribution in [0.4, 0.5) is 0 Å². The predicted octanol–water partition coefficient (Wildman–Crippen LogP) is 3.45. The first kappa shape index (κ1) is 60.3. The second kappa shape index (κ2) is 28.3. The molecule has 2 aromatic rings. The van der Waals surface area contributed by atoms with Gasteiger partial charge in [-0.1, -0.05) is 82.0 Å². The average Bonchev–Trinajstić information content (AvgIpc) is 3.63. The molecule has 2 aliphatic rings. The SMILES string of the molecule is CC(C)(C)[Si](C)(C)C.CCCOC[C@H]1O[C@@H](n2ccc(=O)[nH]c2=O)[C@@H](O)C1C.CCCOC[C@H]1O[C@@H](n2ccc(=O)[nH]c2=O)[C@@H](O[Si](C)(C)C(C)(C)C)C1O.OCOO.OCOO. The molecule has 0 radical (unpaired) electrons. The van der Waals surface area contributed by atoms with E-state index in [9.17, 15) is 29.4 Å². The van der Waals surface area contributed by atoms with E-state index in [0.717, 1.165) is 12.8 Å². The van der Waals surface area contributed by atoms with Gasteiger partial charge in [0.25, 0.3) is 11.1 Å². The third-order valence-corrected chi connectivity index (χ3v) is 20.1. The van der Waals surface area contributed by atoms with Gasteiger partial charge in [0.15, 0.2) is 34.4 Å². The minimum absolute atomic E-state index is 0.0793. The second-order valence-electron chi connectivity index (χ2n) is 18.5. The number of nitrogens with zero attached hydrogens (tertiary/aromatic N) is 2. The Hall–Kier alpha value is -2.73. The third kappa shape index (κ3) is 20.1. The van der Waals surface area contributed by atoms with Crippen LogP contribution in [0.15, 0.2) is 43.7 Å². The van der Waals surface area contributed by atoms with Crippen molar-refractivity contribution < 1.29 is 64.1 Å². The molecule has 21 nitrogen and oxygen atoms in total. The molecule has 2 unspecified atom stereocenters. The smallest absolute Gasteiger partial charge is 0.330 e. The average molecular weight is 943 g/mol. The molecule has 4 rings (SSSR count). The molecule has 0 bridgehead atoms. The van der Waals surface area contributed by atoms with Crippen LogP contribution in [-0.4, -0.2) is 137 Å². The van der Waals surface area contributed by atoms with E-state index in [-0.39, 0.29) is 23.7 Å². The molecule has 63 heavy (non-hydrogen) atoms. The molecule has 0 spiro atoms. The number of aromatic nitrogens is 4. The summed E-state index contributed by atoms with van der Waals surface area (Å²) in [5.74, 6) is -0.157. The zero-order chi connectivity index (χ0) is 48.9. The zero-order valence-corrected chi connectivity index (χ0v) is 41.7. The van der Waals surface area contributed by atoms with Crippen molar-refractivity contribution in [2.45, 2.75) is 161 Å². The number of H-pyrrole nitrogens is 2. The minimum Gasteiger partial charge on any atom is -0.407 e. The van der Waals surface area contributed by atoms with Crippen molar-refractivity contribution in [3.8, 4) is 0 Å². The van der Waals surface area contributed by atoms with Gasteiger partial charge in [-0.25, -0.2) is 29.9 Å². The highest BCUT2D eigenvalue weighted by molar-refractivity contribution is 6.78. The standard InChI is InChI=1S/C18H32N2O6Si.C13H20N2O5.C7H18Si.2CH4O3/c1-7-10-24-11-12-14(22)15(26-27(5,6)18(2,3)4)16(25-12)20-9-8-13(21)19-17(20)23;1-3-6-19-7-9-8(2)11(17)12(20-9)15-5-4-10(16)14-13(15)18;1-7(2,3)8(4,5)6;2*2-1-4-3/h8-9,12,14-16,22H,7,10-11H2,1-6H3,(H,19,21,23);4-5,8-9,11-12,17H,3,6-7H2,1-2H3,(H,14,16,18);1-6H3;2*2-3H,1H2/t12-,14?,15+,16-;8?,9-,11+,12-;;;/m11.../s1. The summed E-state index contributed by atoms with van der Waals surface area (Å²) in [6, 6.07) is 2.48. The molecule has 8 atom stereocenters. The van der Waals surface area contributed by atoms with Gasteiger partial charge < -0.3 is 43.8 Å². The quantitative estimate of drug-likeness (QED) is 0.0442. The number of ether oxygens (including phenoxy) is 4. The highest BCUT2D eigenvalue weighted by atomic mass is 28.4. The molecular weight excluding hydrogens is 865 g/mol. The van der Waals surface area contributed by atoms with Crippen LogP contribution in [0.25, 0.3) is 0 Å². The lowest BCUT2D eigenvalue weighted by molar-refractivity contribution is -0.285. The van der Waals surface area contributed by atoms with E-state index in [1.807, 2.05) is 20.8 Å². The van der Waals surface area contributed by atoms with Crippen molar-refractivity contribution in [1.29, 1.82) is 0 Å². The van der Waals surface area contributed by atoms with Gasteiger partial charge in [0.2, 0.25) is 0 Å². The lowest BCUT2D eigenvalue weighted by Crippen LogP contribution is -2.49. The molecule has 0 saturated carbocycles. The molecule has 0 amide bonds. The van der Waals surface area contributed by atoms with E-state index in [2.05, 4.69) is 94.0 Å². The first-order valence-electron chi connectivity index (χ1n) is 21.0. The zero-order valence-electron chi connectivity index (χ0n) is 39.7. The molecule has 2 aliphatic heterocycles. The molecule has 2 fully saturated rings. The Labute approximate surface area is 371 Å². The molecule has 368 valence electrons. The first-order valence-corrected chi connectivity index (χ1v) is 27.4. The van der Waals surface area contributed by atoms with E-state index in [0.29, 0.717) is 24.9 Å². The van der Waals surface area contributed by atoms with Crippen LogP contribution in [0.2, 0.25) is 42.8 Å². The van der Waals surface area contributed by atoms with Crippen molar-refractivity contribution in [1.82, 2.24) is 19.1 Å². The maximum absolute atomic E-state index is 12.3. The van der Waals surface area contributed by atoms with Gasteiger partial charge in [-0.2, -0.15) is 0 Å². The molecular formula is C40H78N4O17Si2. The van der Waals surface area contributed by atoms with Gasteiger partial charge in [0.05, 0.1) is 19.3 Å². The Balaban J connectivity index is 0.000000927. The Bertz CT molecular complexity index is 1770. The fourth-order valence-electron chi connectivity index (χ4n) is 4.95. The number of nitrogens with one attached hydrogen (secondary N) is 2. The predicted molar refractivity (Wildman–Crippen MR) is 241 cm³/mol. The Morgan fingerprint density at radius 2 is 1.06 bits per heavy atom. The number of rotatable bonds is 14. The highest BCUT2D eigenvalue weighted by Gasteiger charge is 2.50.